The van der Waals surface area contributed by atoms with E-state index in [1.165, 1.54) is 0 Å². The molecule has 3 aromatic rings. The highest BCUT2D eigenvalue weighted by Gasteiger charge is 2.44. The van der Waals surface area contributed by atoms with Gasteiger partial charge in [-0.25, -0.2) is 4.79 Å². The zero-order valence-corrected chi connectivity index (χ0v) is 20.2. The number of anilines is 3. The average Bonchev–Trinajstić information content (AvgIpc) is 2.98. The average molecular weight is 468 g/mol. The Kier molecular flexibility index (Phi) is 5.81. The van der Waals surface area contributed by atoms with Gasteiger partial charge in [0.1, 0.15) is 5.75 Å². The first-order valence-electron chi connectivity index (χ1n) is 11.8. The minimum Gasteiger partial charge on any atom is -0.496 e. The van der Waals surface area contributed by atoms with E-state index in [0.29, 0.717) is 35.5 Å². The number of ether oxygens (including phenoxy) is 1. The number of para-hydroxylation sites is 4. The van der Waals surface area contributed by atoms with E-state index in [0.717, 1.165) is 16.9 Å². The van der Waals surface area contributed by atoms with Crippen LogP contribution in [0.1, 0.15) is 38.3 Å². The van der Waals surface area contributed by atoms with Gasteiger partial charge in [0.15, 0.2) is 5.78 Å². The van der Waals surface area contributed by atoms with Crippen molar-refractivity contribution in [3.8, 4) is 5.75 Å². The van der Waals surface area contributed by atoms with Crippen molar-refractivity contribution >= 4 is 28.9 Å². The van der Waals surface area contributed by atoms with E-state index in [4.69, 9.17) is 4.74 Å². The number of benzene rings is 3. The monoisotopic (exact) mass is 467 g/mol. The maximum atomic E-state index is 14.0. The molecule has 2 N–H and O–H groups in total. The smallest absolute Gasteiger partial charge is 0.327 e. The second kappa shape index (κ2) is 8.95. The van der Waals surface area contributed by atoms with Crippen LogP contribution in [0.25, 0.3) is 0 Å². The summed E-state index contributed by atoms with van der Waals surface area (Å²) in [5.41, 5.74) is 4.18. The second-order valence-corrected chi connectivity index (χ2v) is 9.79. The summed E-state index contributed by atoms with van der Waals surface area (Å²) in [6.07, 6.45) is 1.10. The zero-order chi connectivity index (χ0) is 24.6. The van der Waals surface area contributed by atoms with Gasteiger partial charge >= 0.3 is 6.03 Å². The number of carbonyl (C=O) groups is 2. The van der Waals surface area contributed by atoms with E-state index < -0.39 is 6.04 Å². The van der Waals surface area contributed by atoms with E-state index in [9.17, 15) is 9.59 Å². The number of ketones is 1. The second-order valence-electron chi connectivity index (χ2n) is 9.79. The molecule has 0 saturated carbocycles. The minimum absolute atomic E-state index is 0.0324. The van der Waals surface area contributed by atoms with E-state index in [1.54, 1.807) is 12.0 Å². The molecule has 35 heavy (non-hydrogen) atoms. The first kappa shape index (κ1) is 22.7. The van der Waals surface area contributed by atoms with Gasteiger partial charge in [-0.15, -0.1) is 0 Å². The van der Waals surface area contributed by atoms with Crippen molar-refractivity contribution in [1.82, 2.24) is 0 Å². The Morgan fingerprint density at radius 1 is 0.971 bits per heavy atom. The molecule has 2 aliphatic rings. The Balaban J connectivity index is 1.75. The van der Waals surface area contributed by atoms with Gasteiger partial charge in [0, 0.05) is 28.9 Å². The molecule has 1 aliphatic carbocycles. The largest absolute Gasteiger partial charge is 0.496 e. The fourth-order valence-electron chi connectivity index (χ4n) is 5.10. The van der Waals surface area contributed by atoms with Crippen molar-refractivity contribution in [2.75, 3.05) is 22.6 Å². The Morgan fingerprint density at radius 3 is 2.43 bits per heavy atom. The SMILES string of the molecule is COc1ccccc1C1C2=C(CC(C)(C)CC2=O)Nc2ccccc2N1C(=O)Nc1ccccc1. The van der Waals surface area contributed by atoms with E-state index in [2.05, 4.69) is 24.5 Å². The zero-order valence-electron chi connectivity index (χ0n) is 20.2. The molecule has 0 fully saturated rings. The van der Waals surface area contributed by atoms with Crippen molar-refractivity contribution < 1.29 is 14.3 Å². The van der Waals surface area contributed by atoms with Gasteiger partial charge < -0.3 is 15.4 Å². The molecule has 3 aromatic carbocycles. The number of Topliss-reactive ketones (excluding diaryl/α,β-unsaturated/α-hetero) is 1. The number of hydrogen-bond acceptors (Lipinski definition) is 4. The van der Waals surface area contributed by atoms with Crippen molar-refractivity contribution in [1.29, 1.82) is 0 Å². The number of hydrogen-bond donors (Lipinski definition) is 2. The van der Waals surface area contributed by atoms with Crippen LogP contribution in [0, 0.1) is 5.41 Å². The van der Waals surface area contributed by atoms with Crippen LogP contribution in [-0.2, 0) is 4.79 Å². The van der Waals surface area contributed by atoms with Gasteiger partial charge in [0.25, 0.3) is 0 Å². The highest BCUT2D eigenvalue weighted by molar-refractivity contribution is 6.09. The normalized spacial score (nSPS) is 18.7. The molecular formula is C29H29N3O3. The van der Waals surface area contributed by atoms with Crippen LogP contribution in [0.2, 0.25) is 0 Å². The summed E-state index contributed by atoms with van der Waals surface area (Å²) in [7, 11) is 1.61. The van der Waals surface area contributed by atoms with Crippen LogP contribution < -0.4 is 20.3 Å². The van der Waals surface area contributed by atoms with E-state index in [1.807, 2.05) is 78.9 Å². The summed E-state index contributed by atoms with van der Waals surface area (Å²) >= 11 is 0. The van der Waals surface area contributed by atoms with Crippen molar-refractivity contribution in [3.05, 3.63) is 95.7 Å². The molecule has 1 unspecified atom stereocenters. The molecule has 0 radical (unpaired) electrons. The van der Waals surface area contributed by atoms with Gasteiger partial charge in [-0.2, -0.15) is 0 Å². The van der Waals surface area contributed by atoms with Gasteiger partial charge in [-0.3, -0.25) is 9.69 Å². The number of nitrogens with zero attached hydrogens (tertiary/aromatic N) is 1. The molecule has 0 aromatic heterocycles. The fourth-order valence-corrected chi connectivity index (χ4v) is 5.10. The highest BCUT2D eigenvalue weighted by Crippen LogP contribution is 2.49. The van der Waals surface area contributed by atoms with E-state index in [-0.39, 0.29) is 17.2 Å². The summed E-state index contributed by atoms with van der Waals surface area (Å²) < 4.78 is 5.72. The van der Waals surface area contributed by atoms with E-state index >= 15 is 0 Å². The molecule has 0 saturated heterocycles. The number of rotatable bonds is 3. The maximum Gasteiger partial charge on any atom is 0.327 e. The lowest BCUT2D eigenvalue weighted by atomic mass is 9.73. The van der Waals surface area contributed by atoms with Gasteiger partial charge in [-0.05, 0) is 42.2 Å². The summed E-state index contributed by atoms with van der Waals surface area (Å²) in [5, 5.41) is 6.56. The predicted octanol–water partition coefficient (Wildman–Crippen LogP) is 6.54. The minimum atomic E-state index is -0.662. The van der Waals surface area contributed by atoms with Crippen LogP contribution in [0.3, 0.4) is 0 Å². The fraction of sp³-hybridized carbons (Fsp3) is 0.241. The summed E-state index contributed by atoms with van der Waals surface area (Å²) in [6, 6.07) is 23.6. The predicted molar refractivity (Wildman–Crippen MR) is 139 cm³/mol. The number of methoxy groups -OCH3 is 1. The molecule has 0 bridgehead atoms. The van der Waals surface area contributed by atoms with Gasteiger partial charge in [0.05, 0.1) is 24.5 Å². The lowest BCUT2D eigenvalue weighted by molar-refractivity contribution is -0.118. The molecule has 1 atom stereocenters. The van der Waals surface area contributed by atoms with Crippen molar-refractivity contribution in [3.63, 3.8) is 0 Å². The third kappa shape index (κ3) is 4.28. The molecule has 5 rings (SSSR count). The van der Waals surface area contributed by atoms with Crippen molar-refractivity contribution in [2.24, 2.45) is 5.41 Å². The number of carbonyl (C=O) groups excluding carboxylic acids is 2. The maximum absolute atomic E-state index is 14.0. The molecule has 1 heterocycles. The Morgan fingerprint density at radius 2 is 1.66 bits per heavy atom. The number of urea groups is 1. The Hall–Kier alpha value is -4.06. The number of amides is 2. The van der Waals surface area contributed by atoms with Gasteiger partial charge in [-0.1, -0.05) is 62.4 Å². The molecule has 178 valence electrons. The van der Waals surface area contributed by atoms with Crippen LogP contribution in [-0.4, -0.2) is 18.9 Å². The molecule has 6 nitrogen and oxygen atoms in total. The van der Waals surface area contributed by atoms with Crippen LogP contribution >= 0.6 is 0 Å². The Labute approximate surface area is 205 Å². The first-order valence-corrected chi connectivity index (χ1v) is 11.8. The summed E-state index contributed by atoms with van der Waals surface area (Å²) in [4.78, 5) is 29.4. The molecule has 2 amide bonds. The Bertz CT molecular complexity index is 1310. The summed E-state index contributed by atoms with van der Waals surface area (Å²) in [6.45, 7) is 4.20. The standard InChI is InChI=1S/C29H29N3O3/c1-29(2)17-22-26(24(33)18-29)27(20-13-7-10-16-25(20)35-3)32(23-15-9-8-14-21(23)31-22)28(34)30-19-11-5-4-6-12-19/h4-16,27,31H,17-18H2,1-3H3,(H,30,34). The molecule has 0 spiro atoms. The third-order valence-corrected chi connectivity index (χ3v) is 6.58. The quantitative estimate of drug-likeness (QED) is 0.459. The highest BCUT2D eigenvalue weighted by atomic mass is 16.5. The molecular weight excluding hydrogens is 438 g/mol. The van der Waals surface area contributed by atoms with Crippen LogP contribution in [0.15, 0.2) is 90.1 Å². The lowest BCUT2D eigenvalue weighted by Gasteiger charge is -2.37. The number of nitrogens with one attached hydrogen (secondary N) is 2. The van der Waals surface area contributed by atoms with Gasteiger partial charge in [0.2, 0.25) is 0 Å². The summed E-state index contributed by atoms with van der Waals surface area (Å²) in [5.74, 6) is 0.656. The third-order valence-electron chi connectivity index (χ3n) is 6.58. The van der Waals surface area contributed by atoms with Crippen molar-refractivity contribution in [2.45, 2.75) is 32.7 Å². The molecule has 1 aliphatic heterocycles. The topological polar surface area (TPSA) is 70.7 Å². The number of fused-ring (bicyclic) bond motifs is 1. The first-order chi connectivity index (χ1) is 16.9. The number of allylic oxidation sites excluding steroid dienone is 1. The van der Waals surface area contributed by atoms with Crippen LogP contribution in [0.5, 0.6) is 5.75 Å². The van der Waals surface area contributed by atoms with Crippen LogP contribution in [0.4, 0.5) is 21.9 Å². The molecule has 6 heteroatoms. The lowest BCUT2D eigenvalue weighted by Crippen LogP contribution is -2.41.